The third-order valence-electron chi connectivity index (χ3n) is 3.60. The van der Waals surface area contributed by atoms with Crippen LogP contribution in [-0.2, 0) is 13.0 Å². The molecule has 2 aromatic rings. The Kier molecular flexibility index (Phi) is 7.81. The van der Waals surface area contributed by atoms with Crippen LogP contribution in [0.1, 0.15) is 12.0 Å². The second kappa shape index (κ2) is 10.1. The van der Waals surface area contributed by atoms with Crippen molar-refractivity contribution < 1.29 is 9.47 Å². The van der Waals surface area contributed by atoms with Crippen LogP contribution >= 0.6 is 23.8 Å². The lowest BCUT2D eigenvalue weighted by molar-refractivity contribution is 0.354. The monoisotopic (exact) mass is 382 g/mol. The second-order valence-corrected chi connectivity index (χ2v) is 6.24. The molecule has 0 aliphatic rings. The van der Waals surface area contributed by atoms with Crippen molar-refractivity contribution >= 4 is 28.9 Å². The number of benzene rings is 1. The van der Waals surface area contributed by atoms with E-state index in [-0.39, 0.29) is 0 Å². The van der Waals surface area contributed by atoms with Crippen LogP contribution in [0.3, 0.4) is 0 Å². The maximum atomic E-state index is 5.82. The van der Waals surface area contributed by atoms with Gasteiger partial charge in [-0.25, -0.2) is 0 Å². The van der Waals surface area contributed by atoms with Gasteiger partial charge in [0, 0.05) is 25.8 Å². The SMILES string of the molecule is COc1ccc(CCNC(=S)NCCCn2cc(Cl)cn2)cc1OC. The first kappa shape index (κ1) is 19.3. The number of hydrogen-bond donors (Lipinski definition) is 2. The first-order valence-corrected chi connectivity index (χ1v) is 8.81. The van der Waals surface area contributed by atoms with Crippen molar-refractivity contribution in [3.05, 3.63) is 41.2 Å². The zero-order valence-electron chi connectivity index (χ0n) is 14.4. The number of methoxy groups -OCH3 is 2. The van der Waals surface area contributed by atoms with E-state index in [0.29, 0.717) is 10.1 Å². The van der Waals surface area contributed by atoms with Crippen molar-refractivity contribution in [3.63, 3.8) is 0 Å². The van der Waals surface area contributed by atoms with Crippen molar-refractivity contribution in [2.75, 3.05) is 27.3 Å². The number of ether oxygens (including phenoxy) is 2. The number of halogens is 1. The quantitative estimate of drug-likeness (QED) is 0.513. The smallest absolute Gasteiger partial charge is 0.166 e. The van der Waals surface area contributed by atoms with Gasteiger partial charge in [-0.1, -0.05) is 17.7 Å². The fourth-order valence-electron chi connectivity index (χ4n) is 2.32. The molecule has 0 atom stereocenters. The molecule has 2 rings (SSSR count). The van der Waals surface area contributed by atoms with Crippen LogP contribution in [0, 0.1) is 0 Å². The number of aromatic nitrogens is 2. The summed E-state index contributed by atoms with van der Waals surface area (Å²) >= 11 is 11.1. The van der Waals surface area contributed by atoms with Gasteiger partial charge in [0.15, 0.2) is 16.6 Å². The predicted molar refractivity (Wildman–Crippen MR) is 104 cm³/mol. The van der Waals surface area contributed by atoms with Gasteiger partial charge in [0.1, 0.15) is 0 Å². The summed E-state index contributed by atoms with van der Waals surface area (Å²) in [7, 11) is 3.26. The van der Waals surface area contributed by atoms with E-state index in [1.807, 2.05) is 22.9 Å². The molecule has 0 radical (unpaired) electrons. The fourth-order valence-corrected chi connectivity index (χ4v) is 2.68. The minimum Gasteiger partial charge on any atom is -0.493 e. The van der Waals surface area contributed by atoms with Crippen LogP contribution in [0.25, 0.3) is 0 Å². The maximum absolute atomic E-state index is 5.82. The van der Waals surface area contributed by atoms with E-state index < -0.39 is 0 Å². The first-order valence-electron chi connectivity index (χ1n) is 8.03. The molecule has 8 heteroatoms. The molecule has 0 saturated heterocycles. The molecule has 6 nitrogen and oxygen atoms in total. The van der Waals surface area contributed by atoms with Crippen LogP contribution in [0.2, 0.25) is 5.02 Å². The second-order valence-electron chi connectivity index (χ2n) is 5.40. The van der Waals surface area contributed by atoms with Crippen molar-refractivity contribution in [3.8, 4) is 11.5 Å². The molecule has 0 amide bonds. The molecule has 1 aromatic heterocycles. The lowest BCUT2D eigenvalue weighted by Gasteiger charge is -2.12. The van der Waals surface area contributed by atoms with E-state index in [2.05, 4.69) is 15.7 Å². The van der Waals surface area contributed by atoms with Gasteiger partial charge in [0.25, 0.3) is 0 Å². The molecule has 2 N–H and O–H groups in total. The van der Waals surface area contributed by atoms with Gasteiger partial charge in [0.2, 0.25) is 0 Å². The Hall–Kier alpha value is -1.99. The maximum Gasteiger partial charge on any atom is 0.166 e. The predicted octanol–water partition coefficient (Wildman–Crippen LogP) is 2.65. The first-order chi connectivity index (χ1) is 12.1. The fraction of sp³-hybridized carbons (Fsp3) is 0.412. The Bertz CT molecular complexity index is 693. The number of hydrogen-bond acceptors (Lipinski definition) is 4. The van der Waals surface area contributed by atoms with Gasteiger partial charge in [-0.15, -0.1) is 0 Å². The molecule has 0 spiro atoms. The zero-order chi connectivity index (χ0) is 18.1. The van der Waals surface area contributed by atoms with Gasteiger partial charge >= 0.3 is 0 Å². The van der Waals surface area contributed by atoms with Crippen LogP contribution in [0.4, 0.5) is 0 Å². The molecular weight excluding hydrogens is 360 g/mol. The van der Waals surface area contributed by atoms with Crippen LogP contribution < -0.4 is 20.1 Å². The van der Waals surface area contributed by atoms with E-state index in [0.717, 1.165) is 49.5 Å². The standard InChI is InChI=1S/C17H23ClN4O2S/c1-23-15-5-4-13(10-16(15)24-2)6-8-20-17(25)19-7-3-9-22-12-14(18)11-21-22/h4-5,10-12H,3,6-9H2,1-2H3,(H2,19,20,25). The van der Waals surface area contributed by atoms with Crippen molar-refractivity contribution in [1.29, 1.82) is 0 Å². The summed E-state index contributed by atoms with van der Waals surface area (Å²) in [4.78, 5) is 0. The third kappa shape index (κ3) is 6.43. The molecule has 1 aromatic carbocycles. The molecule has 0 aliphatic carbocycles. The molecule has 0 saturated carbocycles. The van der Waals surface area contributed by atoms with Gasteiger partial charge in [0.05, 0.1) is 25.4 Å². The topological polar surface area (TPSA) is 60.3 Å². The molecule has 0 aliphatic heterocycles. The highest BCUT2D eigenvalue weighted by atomic mass is 35.5. The Morgan fingerprint density at radius 3 is 2.64 bits per heavy atom. The van der Waals surface area contributed by atoms with Gasteiger partial charge in [-0.2, -0.15) is 5.10 Å². The van der Waals surface area contributed by atoms with Crippen molar-refractivity contribution in [2.45, 2.75) is 19.4 Å². The van der Waals surface area contributed by atoms with Gasteiger partial charge in [-0.3, -0.25) is 4.68 Å². The highest BCUT2D eigenvalue weighted by Crippen LogP contribution is 2.27. The normalized spacial score (nSPS) is 10.4. The number of rotatable bonds is 9. The van der Waals surface area contributed by atoms with E-state index in [9.17, 15) is 0 Å². The summed E-state index contributed by atoms with van der Waals surface area (Å²) in [5.41, 5.74) is 1.16. The minimum atomic E-state index is 0.652. The van der Waals surface area contributed by atoms with Crippen LogP contribution in [0.15, 0.2) is 30.6 Å². The molecule has 1 heterocycles. The highest BCUT2D eigenvalue weighted by molar-refractivity contribution is 7.80. The lowest BCUT2D eigenvalue weighted by atomic mass is 10.1. The average molecular weight is 383 g/mol. The summed E-state index contributed by atoms with van der Waals surface area (Å²) in [5, 5.41) is 11.8. The van der Waals surface area contributed by atoms with Gasteiger partial charge in [-0.05, 0) is 42.8 Å². The van der Waals surface area contributed by atoms with Crippen LogP contribution in [0.5, 0.6) is 11.5 Å². The van der Waals surface area contributed by atoms with E-state index in [4.69, 9.17) is 33.3 Å². The Morgan fingerprint density at radius 1 is 1.20 bits per heavy atom. The van der Waals surface area contributed by atoms with E-state index >= 15 is 0 Å². The van der Waals surface area contributed by atoms with Crippen molar-refractivity contribution in [2.24, 2.45) is 0 Å². The lowest BCUT2D eigenvalue weighted by Crippen LogP contribution is -2.37. The van der Waals surface area contributed by atoms with Crippen molar-refractivity contribution in [1.82, 2.24) is 20.4 Å². The summed E-state index contributed by atoms with van der Waals surface area (Å²) < 4.78 is 12.4. The Morgan fingerprint density at radius 2 is 1.96 bits per heavy atom. The summed E-state index contributed by atoms with van der Waals surface area (Å²) in [6.45, 7) is 2.32. The molecule has 0 bridgehead atoms. The van der Waals surface area contributed by atoms with Crippen LogP contribution in [-0.4, -0.2) is 42.2 Å². The number of nitrogens with one attached hydrogen (secondary N) is 2. The minimum absolute atomic E-state index is 0.652. The zero-order valence-corrected chi connectivity index (χ0v) is 16.0. The number of aryl methyl sites for hydroxylation is 1. The molecule has 0 fully saturated rings. The van der Waals surface area contributed by atoms with Gasteiger partial charge < -0.3 is 20.1 Å². The largest absolute Gasteiger partial charge is 0.493 e. The average Bonchev–Trinajstić information content (AvgIpc) is 3.03. The highest BCUT2D eigenvalue weighted by Gasteiger charge is 2.04. The molecular formula is C17H23ClN4O2S. The molecule has 0 unspecified atom stereocenters. The van der Waals surface area contributed by atoms with E-state index in [1.54, 1.807) is 26.6 Å². The summed E-state index contributed by atoms with van der Waals surface area (Å²) in [6, 6.07) is 5.91. The molecule has 136 valence electrons. The number of nitrogens with zero attached hydrogens (tertiary/aromatic N) is 2. The summed E-state index contributed by atoms with van der Waals surface area (Å²) in [6.07, 6.45) is 5.19. The van der Waals surface area contributed by atoms with E-state index in [1.165, 1.54) is 0 Å². The summed E-state index contributed by atoms with van der Waals surface area (Å²) in [5.74, 6) is 1.47. The Labute approximate surface area is 158 Å². The Balaban J connectivity index is 1.63. The third-order valence-corrected chi connectivity index (χ3v) is 4.08. The molecule has 25 heavy (non-hydrogen) atoms. The number of thiocarbonyl (C=S) groups is 1.